The predicted octanol–water partition coefficient (Wildman–Crippen LogP) is 8.26. The molecule has 1 heterocycles. The summed E-state index contributed by atoms with van der Waals surface area (Å²) in [6.07, 6.45) is 28.1. The van der Waals surface area contributed by atoms with Gasteiger partial charge in [-0.15, -0.1) is 0 Å². The molecule has 0 spiro atoms. The molecule has 0 amide bonds. The van der Waals surface area contributed by atoms with Gasteiger partial charge in [0, 0.05) is 18.3 Å². The van der Waals surface area contributed by atoms with E-state index < -0.39 is 0 Å². The number of hydrogen-bond acceptors (Lipinski definition) is 2. The van der Waals surface area contributed by atoms with E-state index in [1.54, 1.807) is 0 Å². The van der Waals surface area contributed by atoms with Crippen LogP contribution in [-0.4, -0.2) is 9.97 Å². The van der Waals surface area contributed by atoms with Crippen molar-refractivity contribution in [2.45, 2.75) is 129 Å². The molecular formula is C27H46N2. The maximum Gasteiger partial charge on any atom is 0.131 e. The SMILES string of the molecule is CCCCC[C@H]1CC[C@H](CCC2CCC(c3ncc(CCCC)cn3)CC2)CC1. The third kappa shape index (κ3) is 7.68. The smallest absolute Gasteiger partial charge is 0.131 e. The Morgan fingerprint density at radius 1 is 0.655 bits per heavy atom. The van der Waals surface area contributed by atoms with Crippen molar-refractivity contribution >= 4 is 0 Å². The molecule has 3 rings (SSSR count). The van der Waals surface area contributed by atoms with Crippen molar-refractivity contribution in [2.24, 2.45) is 17.8 Å². The van der Waals surface area contributed by atoms with E-state index in [-0.39, 0.29) is 0 Å². The van der Waals surface area contributed by atoms with Crippen LogP contribution in [0, 0.1) is 17.8 Å². The average Bonchev–Trinajstić information content (AvgIpc) is 2.78. The Kier molecular flexibility index (Phi) is 9.97. The summed E-state index contributed by atoms with van der Waals surface area (Å²) in [6, 6.07) is 0. The normalized spacial score (nSPS) is 27.8. The first-order valence-corrected chi connectivity index (χ1v) is 13.1. The molecule has 0 saturated heterocycles. The van der Waals surface area contributed by atoms with E-state index in [9.17, 15) is 0 Å². The molecular weight excluding hydrogens is 352 g/mol. The quantitative estimate of drug-likeness (QED) is 0.350. The molecule has 2 nitrogen and oxygen atoms in total. The number of aryl methyl sites for hydroxylation is 1. The van der Waals surface area contributed by atoms with Gasteiger partial charge < -0.3 is 0 Å². The molecule has 0 unspecified atom stereocenters. The molecule has 0 bridgehead atoms. The van der Waals surface area contributed by atoms with Crippen LogP contribution in [0.3, 0.4) is 0 Å². The zero-order chi connectivity index (χ0) is 20.3. The van der Waals surface area contributed by atoms with Crippen molar-refractivity contribution in [3.63, 3.8) is 0 Å². The summed E-state index contributed by atoms with van der Waals surface area (Å²) in [5.74, 6) is 4.79. The van der Waals surface area contributed by atoms with Gasteiger partial charge in [0.25, 0.3) is 0 Å². The van der Waals surface area contributed by atoms with Gasteiger partial charge in [-0.2, -0.15) is 0 Å². The Bertz CT molecular complexity index is 536. The lowest BCUT2D eigenvalue weighted by atomic mass is 9.74. The second-order valence-electron chi connectivity index (χ2n) is 10.2. The molecule has 1 aromatic heterocycles. The van der Waals surface area contributed by atoms with Gasteiger partial charge in [0.1, 0.15) is 5.82 Å². The highest BCUT2D eigenvalue weighted by Gasteiger charge is 2.26. The van der Waals surface area contributed by atoms with Crippen LogP contribution in [0.25, 0.3) is 0 Å². The predicted molar refractivity (Wildman–Crippen MR) is 124 cm³/mol. The van der Waals surface area contributed by atoms with E-state index in [0.29, 0.717) is 5.92 Å². The van der Waals surface area contributed by atoms with Crippen molar-refractivity contribution in [3.8, 4) is 0 Å². The summed E-state index contributed by atoms with van der Waals surface area (Å²) in [4.78, 5) is 9.44. The van der Waals surface area contributed by atoms with E-state index in [4.69, 9.17) is 9.97 Å². The van der Waals surface area contributed by atoms with Crippen LogP contribution in [0.15, 0.2) is 12.4 Å². The van der Waals surface area contributed by atoms with Crippen LogP contribution in [0.1, 0.15) is 134 Å². The average molecular weight is 399 g/mol. The minimum atomic E-state index is 0.616. The van der Waals surface area contributed by atoms with Gasteiger partial charge in [0.15, 0.2) is 0 Å². The second-order valence-corrected chi connectivity index (χ2v) is 10.2. The molecule has 164 valence electrons. The Labute approximate surface area is 180 Å². The summed E-state index contributed by atoms with van der Waals surface area (Å²) in [7, 11) is 0. The molecule has 0 aromatic carbocycles. The Morgan fingerprint density at radius 3 is 1.72 bits per heavy atom. The van der Waals surface area contributed by atoms with Crippen LogP contribution < -0.4 is 0 Å². The van der Waals surface area contributed by atoms with E-state index in [1.807, 2.05) is 0 Å². The number of nitrogens with zero attached hydrogens (tertiary/aromatic N) is 2. The first-order valence-electron chi connectivity index (χ1n) is 13.1. The lowest BCUT2D eigenvalue weighted by Gasteiger charge is -2.31. The van der Waals surface area contributed by atoms with Gasteiger partial charge in [-0.1, -0.05) is 84.5 Å². The van der Waals surface area contributed by atoms with Gasteiger partial charge >= 0.3 is 0 Å². The van der Waals surface area contributed by atoms with E-state index in [1.165, 1.54) is 108 Å². The maximum absolute atomic E-state index is 4.72. The number of unbranched alkanes of at least 4 members (excludes halogenated alkanes) is 3. The largest absolute Gasteiger partial charge is 0.241 e. The third-order valence-corrected chi connectivity index (χ3v) is 7.92. The third-order valence-electron chi connectivity index (χ3n) is 7.92. The fourth-order valence-corrected chi connectivity index (χ4v) is 5.76. The highest BCUT2D eigenvalue weighted by atomic mass is 14.9. The highest BCUT2D eigenvalue weighted by Crippen LogP contribution is 2.39. The molecule has 2 aliphatic carbocycles. The van der Waals surface area contributed by atoms with Gasteiger partial charge in [-0.3, -0.25) is 0 Å². The number of hydrogen-bond donors (Lipinski definition) is 0. The summed E-state index contributed by atoms with van der Waals surface area (Å²) in [6.45, 7) is 4.56. The zero-order valence-corrected chi connectivity index (χ0v) is 19.4. The van der Waals surface area contributed by atoms with Gasteiger partial charge in [-0.25, -0.2) is 9.97 Å². The molecule has 2 aliphatic rings. The second kappa shape index (κ2) is 12.7. The zero-order valence-electron chi connectivity index (χ0n) is 19.4. The van der Waals surface area contributed by atoms with Crippen molar-refractivity contribution in [2.75, 3.05) is 0 Å². The fraction of sp³-hybridized carbons (Fsp3) is 0.852. The lowest BCUT2D eigenvalue weighted by Crippen LogP contribution is -2.18. The summed E-state index contributed by atoms with van der Waals surface area (Å²) in [5.41, 5.74) is 1.31. The van der Waals surface area contributed by atoms with E-state index >= 15 is 0 Å². The van der Waals surface area contributed by atoms with Crippen LogP contribution in [0.2, 0.25) is 0 Å². The topological polar surface area (TPSA) is 25.8 Å². The number of aromatic nitrogens is 2. The van der Waals surface area contributed by atoms with Crippen LogP contribution in [-0.2, 0) is 6.42 Å². The van der Waals surface area contributed by atoms with E-state index in [2.05, 4.69) is 26.2 Å². The van der Waals surface area contributed by atoms with Crippen molar-refractivity contribution in [1.29, 1.82) is 0 Å². The first kappa shape index (κ1) is 22.8. The van der Waals surface area contributed by atoms with Crippen molar-refractivity contribution in [1.82, 2.24) is 9.97 Å². The van der Waals surface area contributed by atoms with E-state index in [0.717, 1.165) is 30.0 Å². The molecule has 0 radical (unpaired) electrons. The first-order chi connectivity index (χ1) is 14.3. The molecule has 2 heteroatoms. The summed E-state index contributed by atoms with van der Waals surface area (Å²) >= 11 is 0. The van der Waals surface area contributed by atoms with Gasteiger partial charge in [-0.05, 0) is 61.8 Å². The van der Waals surface area contributed by atoms with Crippen molar-refractivity contribution < 1.29 is 0 Å². The van der Waals surface area contributed by atoms with Gasteiger partial charge in [0.05, 0.1) is 0 Å². The molecule has 2 saturated carbocycles. The highest BCUT2D eigenvalue weighted by molar-refractivity contribution is 5.08. The standard InChI is InChI=1S/C27H46N2/c1-3-5-7-9-22-10-12-23(13-11-22)14-15-24-16-18-26(19-17-24)27-28-20-25(21-29-27)8-6-4-2/h20-24,26H,3-19H2,1-2H3/t22-,23-,24?,26?. The molecule has 0 atom stereocenters. The summed E-state index contributed by atoms with van der Waals surface area (Å²) in [5, 5.41) is 0. The maximum atomic E-state index is 4.72. The van der Waals surface area contributed by atoms with Crippen LogP contribution in [0.4, 0.5) is 0 Å². The Hall–Kier alpha value is -0.920. The molecule has 2 fully saturated rings. The Balaban J connectivity index is 1.30. The Morgan fingerprint density at radius 2 is 1.17 bits per heavy atom. The minimum Gasteiger partial charge on any atom is -0.241 e. The molecule has 0 N–H and O–H groups in total. The van der Waals surface area contributed by atoms with Gasteiger partial charge in [0.2, 0.25) is 0 Å². The fourth-order valence-electron chi connectivity index (χ4n) is 5.76. The summed E-state index contributed by atoms with van der Waals surface area (Å²) < 4.78 is 0. The molecule has 1 aromatic rings. The van der Waals surface area contributed by atoms with Crippen LogP contribution in [0.5, 0.6) is 0 Å². The lowest BCUT2D eigenvalue weighted by molar-refractivity contribution is 0.221. The number of rotatable bonds is 11. The minimum absolute atomic E-state index is 0.616. The monoisotopic (exact) mass is 398 g/mol. The molecule has 0 aliphatic heterocycles. The van der Waals surface area contributed by atoms with Crippen molar-refractivity contribution in [3.05, 3.63) is 23.8 Å². The van der Waals surface area contributed by atoms with Crippen LogP contribution >= 0.6 is 0 Å². The molecule has 29 heavy (non-hydrogen) atoms.